The number of amides is 3. The third kappa shape index (κ3) is 3.31. The number of benzene rings is 1. The first-order chi connectivity index (χ1) is 13.5. The second kappa shape index (κ2) is 7.41. The molecule has 2 N–H and O–H groups in total. The smallest absolute Gasteiger partial charge is 0.325 e. The van der Waals surface area contributed by atoms with Crippen LogP contribution in [0.4, 0.5) is 4.79 Å². The molecular weight excluding hydrogens is 360 g/mol. The second-order valence-corrected chi connectivity index (χ2v) is 7.52. The summed E-state index contributed by atoms with van der Waals surface area (Å²) in [5.74, 6) is -0.0904. The summed E-state index contributed by atoms with van der Waals surface area (Å²) in [4.78, 5) is 26.1. The maximum absolute atomic E-state index is 12.8. The molecule has 28 heavy (non-hydrogen) atoms. The third-order valence-electron chi connectivity index (χ3n) is 5.49. The van der Waals surface area contributed by atoms with Crippen molar-refractivity contribution >= 4 is 11.9 Å². The van der Waals surface area contributed by atoms with Crippen LogP contribution in [0.5, 0.6) is 0 Å². The van der Waals surface area contributed by atoms with Crippen molar-refractivity contribution in [3.8, 4) is 0 Å². The first-order valence-electron chi connectivity index (χ1n) is 9.54. The average Bonchev–Trinajstić information content (AvgIpc) is 3.31. The fraction of sp³-hybridized carbons (Fsp3) is 0.429. The summed E-state index contributed by atoms with van der Waals surface area (Å²) in [5, 5.41) is 13.1. The Kier molecular flexibility index (Phi) is 4.95. The molecule has 148 valence electrons. The van der Waals surface area contributed by atoms with Crippen LogP contribution in [0.3, 0.4) is 0 Å². The fourth-order valence-electron chi connectivity index (χ4n) is 3.97. The zero-order valence-corrected chi connectivity index (χ0v) is 15.8. The summed E-state index contributed by atoms with van der Waals surface area (Å²) in [6, 6.07) is 10.9. The molecule has 2 heterocycles. The molecule has 7 nitrogen and oxygen atoms in total. The van der Waals surface area contributed by atoms with Gasteiger partial charge in [0.2, 0.25) is 0 Å². The number of aliphatic hydroxyl groups is 1. The van der Waals surface area contributed by atoms with Crippen molar-refractivity contribution in [2.75, 3.05) is 13.2 Å². The number of ether oxygens (including phenoxy) is 1. The van der Waals surface area contributed by atoms with Gasteiger partial charge >= 0.3 is 6.03 Å². The molecule has 0 spiro atoms. The minimum absolute atomic E-state index is 0.0491. The minimum Gasteiger partial charge on any atom is -0.466 e. The van der Waals surface area contributed by atoms with E-state index in [1.54, 1.807) is 19.1 Å². The van der Waals surface area contributed by atoms with Gasteiger partial charge in [0.05, 0.1) is 31.6 Å². The van der Waals surface area contributed by atoms with E-state index in [4.69, 9.17) is 9.15 Å². The van der Waals surface area contributed by atoms with E-state index in [1.807, 2.05) is 12.1 Å². The van der Waals surface area contributed by atoms with Crippen LogP contribution < -0.4 is 5.32 Å². The highest BCUT2D eigenvalue weighted by Gasteiger charge is 2.51. The molecule has 1 aliphatic carbocycles. The van der Waals surface area contributed by atoms with Gasteiger partial charge in [-0.05, 0) is 49.4 Å². The molecule has 1 saturated heterocycles. The van der Waals surface area contributed by atoms with Gasteiger partial charge in [-0.1, -0.05) is 24.3 Å². The van der Waals surface area contributed by atoms with Gasteiger partial charge < -0.3 is 19.6 Å². The number of hydrogen-bond donors (Lipinski definition) is 2. The molecule has 3 atom stereocenters. The molecule has 2 aliphatic rings. The Labute approximate surface area is 163 Å². The Morgan fingerprint density at radius 1 is 1.32 bits per heavy atom. The number of nitrogens with zero attached hydrogens (tertiary/aromatic N) is 1. The van der Waals surface area contributed by atoms with Crippen LogP contribution in [0.15, 0.2) is 47.1 Å². The van der Waals surface area contributed by atoms with Crippen molar-refractivity contribution in [3.05, 3.63) is 59.5 Å². The number of fused-ring (bicyclic) bond motifs is 1. The number of nitrogens with one attached hydrogen (secondary N) is 1. The highest BCUT2D eigenvalue weighted by Crippen LogP contribution is 2.33. The van der Waals surface area contributed by atoms with Gasteiger partial charge in [0.15, 0.2) is 5.54 Å². The van der Waals surface area contributed by atoms with Gasteiger partial charge in [0.1, 0.15) is 5.76 Å². The van der Waals surface area contributed by atoms with Crippen molar-refractivity contribution < 1.29 is 23.8 Å². The van der Waals surface area contributed by atoms with Crippen molar-refractivity contribution in [2.24, 2.45) is 0 Å². The van der Waals surface area contributed by atoms with E-state index in [2.05, 4.69) is 17.4 Å². The summed E-state index contributed by atoms with van der Waals surface area (Å²) in [6.45, 7) is 1.51. The molecule has 0 unspecified atom stereocenters. The van der Waals surface area contributed by atoms with Crippen molar-refractivity contribution in [2.45, 2.75) is 43.9 Å². The van der Waals surface area contributed by atoms with Gasteiger partial charge in [0, 0.05) is 0 Å². The normalized spacial score (nSPS) is 25.5. The molecule has 1 aromatic carbocycles. The van der Waals surface area contributed by atoms with Crippen LogP contribution in [0.1, 0.15) is 42.8 Å². The summed E-state index contributed by atoms with van der Waals surface area (Å²) < 4.78 is 11.2. The zero-order chi connectivity index (χ0) is 19.7. The number of urea groups is 1. The Hall–Kier alpha value is -2.64. The average molecular weight is 384 g/mol. The van der Waals surface area contributed by atoms with E-state index in [9.17, 15) is 14.7 Å². The van der Waals surface area contributed by atoms with Crippen LogP contribution in [0.25, 0.3) is 0 Å². The lowest BCUT2D eigenvalue weighted by Crippen LogP contribution is -2.42. The molecule has 7 heteroatoms. The van der Waals surface area contributed by atoms with Gasteiger partial charge in [-0.3, -0.25) is 9.69 Å². The number of carbonyl (C=O) groups is 2. The Morgan fingerprint density at radius 3 is 2.93 bits per heavy atom. The summed E-state index contributed by atoms with van der Waals surface area (Å²) in [7, 11) is 0. The lowest BCUT2D eigenvalue weighted by molar-refractivity contribution is -0.133. The van der Waals surface area contributed by atoms with Crippen molar-refractivity contribution in [1.82, 2.24) is 10.2 Å². The topological polar surface area (TPSA) is 92.0 Å². The SMILES string of the molecule is C[C@]1(c2ccco2)NC(=O)N(C[C@H](O)CO[C@@H]2CCCc3ccccc32)C1=O. The van der Waals surface area contributed by atoms with Gasteiger partial charge in [-0.2, -0.15) is 0 Å². The van der Waals surface area contributed by atoms with E-state index in [0.717, 1.165) is 29.7 Å². The molecule has 1 aliphatic heterocycles. The Bertz CT molecular complexity index is 865. The number of rotatable bonds is 6. The number of hydrogen-bond acceptors (Lipinski definition) is 5. The monoisotopic (exact) mass is 384 g/mol. The van der Waals surface area contributed by atoms with E-state index in [1.165, 1.54) is 11.8 Å². The van der Waals surface area contributed by atoms with Crippen LogP contribution in [-0.4, -0.2) is 41.2 Å². The van der Waals surface area contributed by atoms with Gasteiger partial charge in [-0.15, -0.1) is 0 Å². The summed E-state index contributed by atoms with van der Waals surface area (Å²) >= 11 is 0. The standard InChI is InChI=1S/C21H24N2O5/c1-21(18-10-5-11-27-18)19(25)23(20(26)22-21)12-15(24)13-28-17-9-4-7-14-6-2-3-8-16(14)17/h2-3,5-6,8,10-11,15,17,24H,4,7,9,12-13H2,1H3,(H,22,26)/t15-,17+,21+/m0/s1. The highest BCUT2D eigenvalue weighted by atomic mass is 16.5. The van der Waals surface area contributed by atoms with Crippen molar-refractivity contribution in [3.63, 3.8) is 0 Å². The molecule has 3 amide bonds. The lowest BCUT2D eigenvalue weighted by atomic mass is 9.89. The van der Waals surface area contributed by atoms with Gasteiger partial charge in [0.25, 0.3) is 5.91 Å². The van der Waals surface area contributed by atoms with E-state index < -0.39 is 23.6 Å². The molecular formula is C21H24N2O5. The third-order valence-corrected chi connectivity index (χ3v) is 5.49. The van der Waals surface area contributed by atoms with Crippen molar-refractivity contribution in [1.29, 1.82) is 0 Å². The Morgan fingerprint density at radius 2 is 2.14 bits per heavy atom. The largest absolute Gasteiger partial charge is 0.466 e. The number of aliphatic hydroxyl groups excluding tert-OH is 1. The number of imide groups is 1. The maximum atomic E-state index is 12.8. The van der Waals surface area contributed by atoms with E-state index >= 15 is 0 Å². The predicted octanol–water partition coefficient (Wildman–Crippen LogP) is 2.50. The highest BCUT2D eigenvalue weighted by molar-refractivity contribution is 6.06. The molecule has 0 radical (unpaired) electrons. The Balaban J connectivity index is 1.38. The van der Waals surface area contributed by atoms with Crippen LogP contribution in [-0.2, 0) is 21.5 Å². The first-order valence-corrected chi connectivity index (χ1v) is 9.54. The number of carbonyl (C=O) groups excluding carboxylic acids is 2. The predicted molar refractivity (Wildman–Crippen MR) is 100 cm³/mol. The van der Waals surface area contributed by atoms with E-state index in [0.29, 0.717) is 5.76 Å². The van der Waals surface area contributed by atoms with Crippen LogP contribution in [0.2, 0.25) is 0 Å². The summed E-state index contributed by atoms with van der Waals surface area (Å²) in [6.07, 6.45) is 3.37. The summed E-state index contributed by atoms with van der Waals surface area (Å²) in [5.41, 5.74) is 1.17. The second-order valence-electron chi connectivity index (χ2n) is 7.52. The molecule has 4 rings (SSSR count). The lowest BCUT2D eigenvalue weighted by Gasteiger charge is -2.27. The minimum atomic E-state index is -1.26. The van der Waals surface area contributed by atoms with Crippen LogP contribution >= 0.6 is 0 Å². The molecule has 0 bridgehead atoms. The molecule has 1 fully saturated rings. The fourth-order valence-corrected chi connectivity index (χ4v) is 3.97. The molecule has 0 saturated carbocycles. The van der Waals surface area contributed by atoms with Gasteiger partial charge in [-0.25, -0.2) is 4.79 Å². The zero-order valence-electron chi connectivity index (χ0n) is 15.8. The molecule has 2 aromatic rings. The molecule has 1 aromatic heterocycles. The maximum Gasteiger partial charge on any atom is 0.325 e. The number of β-amino-alcohol motifs (C(OH)–C–C–N with tert-alkyl or cyclic N) is 1. The number of aryl methyl sites for hydroxylation is 1. The van der Waals surface area contributed by atoms with Crippen LogP contribution in [0, 0.1) is 0 Å². The quantitative estimate of drug-likeness (QED) is 0.747. The first kappa shape index (κ1) is 18.7. The van der Waals surface area contributed by atoms with E-state index in [-0.39, 0.29) is 19.3 Å². The number of furan rings is 1.